The number of anilines is 1. The fraction of sp³-hybridized carbons (Fsp3) is 0.500. The van der Waals surface area contributed by atoms with E-state index < -0.39 is 41.8 Å². The Kier molecular flexibility index (Phi) is 9.45. The van der Waals surface area contributed by atoms with Crippen molar-refractivity contribution in [3.8, 4) is 0 Å². The Morgan fingerprint density at radius 2 is 1.93 bits per heavy atom. The molecule has 0 spiro atoms. The zero-order valence-corrected chi connectivity index (χ0v) is 17.6. The van der Waals surface area contributed by atoms with Gasteiger partial charge in [0.15, 0.2) is 23.4 Å². The van der Waals surface area contributed by atoms with Crippen LogP contribution in [0.3, 0.4) is 0 Å². The van der Waals surface area contributed by atoms with Crippen molar-refractivity contribution >= 4 is 41.5 Å². The molecule has 1 aliphatic rings. The van der Waals surface area contributed by atoms with E-state index in [4.69, 9.17) is 0 Å². The molecule has 0 aliphatic carbocycles. The molecule has 6 nitrogen and oxygen atoms in total. The molecule has 1 fully saturated rings. The monoisotopic (exact) mass is 539 g/mol. The number of hydrogen-bond acceptors (Lipinski definition) is 3. The van der Waals surface area contributed by atoms with E-state index in [0.717, 1.165) is 6.07 Å². The van der Waals surface area contributed by atoms with Crippen molar-refractivity contribution in [1.82, 2.24) is 15.5 Å². The second-order valence-corrected chi connectivity index (χ2v) is 6.18. The first-order valence-corrected chi connectivity index (χ1v) is 8.28. The maximum Gasteiger partial charge on any atom is 0.401 e. The van der Waals surface area contributed by atoms with Crippen molar-refractivity contribution in [3.63, 3.8) is 0 Å². The second kappa shape index (κ2) is 10.8. The van der Waals surface area contributed by atoms with E-state index in [1.165, 1.54) is 11.9 Å². The minimum Gasteiger partial charge on any atom is -0.352 e. The molecule has 1 amide bonds. The number of likely N-dealkylation sites (tertiary alicyclic amines) is 1. The minimum atomic E-state index is -4.28. The van der Waals surface area contributed by atoms with Crippen molar-refractivity contribution in [2.24, 2.45) is 4.99 Å². The van der Waals surface area contributed by atoms with Gasteiger partial charge in [-0.05, 0) is 18.6 Å². The molecule has 2 rings (SSSR count). The van der Waals surface area contributed by atoms with Crippen LogP contribution < -0.4 is 16.0 Å². The first-order valence-electron chi connectivity index (χ1n) is 8.28. The highest BCUT2D eigenvalue weighted by Crippen LogP contribution is 2.20. The molecular weight excluding hydrogens is 519 g/mol. The molecule has 0 saturated carbocycles. The lowest BCUT2D eigenvalue weighted by atomic mass is 10.2. The highest BCUT2D eigenvalue weighted by Gasteiger charge is 2.34. The molecule has 1 atom stereocenters. The summed E-state index contributed by atoms with van der Waals surface area (Å²) in [6.45, 7) is -0.951. The molecule has 0 radical (unpaired) electrons. The zero-order chi connectivity index (χ0) is 20.9. The number of amides is 1. The van der Waals surface area contributed by atoms with Crippen LogP contribution >= 0.6 is 24.0 Å². The smallest absolute Gasteiger partial charge is 0.352 e. The Morgan fingerprint density at radius 3 is 2.55 bits per heavy atom. The highest BCUT2D eigenvalue weighted by molar-refractivity contribution is 14.0. The van der Waals surface area contributed by atoms with Crippen LogP contribution in [0.5, 0.6) is 0 Å². The topological polar surface area (TPSA) is 68.8 Å². The number of aliphatic imine (C=N–C) groups is 1. The number of carbonyl (C=O) groups is 1. The van der Waals surface area contributed by atoms with Gasteiger partial charge in [-0.25, -0.2) is 13.2 Å². The summed E-state index contributed by atoms with van der Waals surface area (Å²) >= 11 is 0. The van der Waals surface area contributed by atoms with Gasteiger partial charge in [0.2, 0.25) is 5.91 Å². The molecule has 3 N–H and O–H groups in total. The van der Waals surface area contributed by atoms with Crippen LogP contribution in [0.2, 0.25) is 0 Å². The van der Waals surface area contributed by atoms with E-state index in [1.54, 1.807) is 0 Å². The molecule has 1 unspecified atom stereocenters. The van der Waals surface area contributed by atoms with Gasteiger partial charge >= 0.3 is 6.18 Å². The number of guanidine groups is 1. The first-order chi connectivity index (χ1) is 13.1. The van der Waals surface area contributed by atoms with Crippen LogP contribution in [0.25, 0.3) is 0 Å². The first kappa shape index (κ1) is 25.3. The lowest BCUT2D eigenvalue weighted by Gasteiger charge is -2.19. The zero-order valence-electron chi connectivity index (χ0n) is 15.2. The van der Waals surface area contributed by atoms with E-state index in [9.17, 15) is 31.1 Å². The summed E-state index contributed by atoms with van der Waals surface area (Å²) < 4.78 is 76.8. The SMILES string of the molecule is CN=C(NCC(=O)Nc1ccc(F)c(F)c1F)NC1CCN(CC(F)(F)F)C1.I. The molecule has 29 heavy (non-hydrogen) atoms. The molecular formula is C16H20F6IN5O. The summed E-state index contributed by atoms with van der Waals surface area (Å²) in [7, 11) is 1.41. The van der Waals surface area contributed by atoms with E-state index in [2.05, 4.69) is 20.9 Å². The molecule has 164 valence electrons. The fourth-order valence-electron chi connectivity index (χ4n) is 2.72. The maximum absolute atomic E-state index is 13.5. The molecule has 1 aromatic carbocycles. The summed E-state index contributed by atoms with van der Waals surface area (Å²) in [5.74, 6) is -5.19. The van der Waals surface area contributed by atoms with Gasteiger partial charge in [0.25, 0.3) is 0 Å². The normalized spacial score (nSPS) is 17.6. The minimum absolute atomic E-state index is 0. The Hall–Kier alpha value is -1.77. The third kappa shape index (κ3) is 7.87. The van der Waals surface area contributed by atoms with Gasteiger partial charge in [-0.2, -0.15) is 13.2 Å². The largest absolute Gasteiger partial charge is 0.401 e. The van der Waals surface area contributed by atoms with E-state index >= 15 is 0 Å². The lowest BCUT2D eigenvalue weighted by molar-refractivity contribution is -0.143. The van der Waals surface area contributed by atoms with Crippen molar-refractivity contribution in [1.29, 1.82) is 0 Å². The Balaban J connectivity index is 0.00000420. The average molecular weight is 539 g/mol. The molecule has 0 aromatic heterocycles. The summed E-state index contributed by atoms with van der Waals surface area (Å²) in [5, 5.41) is 7.60. The van der Waals surface area contributed by atoms with Gasteiger partial charge in [-0.15, -0.1) is 24.0 Å². The Labute approximate surface area is 180 Å². The molecule has 1 saturated heterocycles. The van der Waals surface area contributed by atoms with Crippen LogP contribution in [0.4, 0.5) is 32.0 Å². The summed E-state index contributed by atoms with van der Waals surface area (Å²) in [4.78, 5) is 17.0. The molecule has 0 bridgehead atoms. The number of carbonyl (C=O) groups excluding carboxylic acids is 1. The lowest BCUT2D eigenvalue weighted by Crippen LogP contribution is -2.47. The van der Waals surface area contributed by atoms with Gasteiger partial charge in [-0.1, -0.05) is 0 Å². The quantitative estimate of drug-likeness (QED) is 0.177. The van der Waals surface area contributed by atoms with Crippen LogP contribution in [-0.2, 0) is 4.79 Å². The Bertz CT molecular complexity index is 745. The number of hydrogen-bond donors (Lipinski definition) is 3. The highest BCUT2D eigenvalue weighted by atomic mass is 127. The van der Waals surface area contributed by atoms with Crippen molar-refractivity contribution in [2.45, 2.75) is 18.6 Å². The fourth-order valence-corrected chi connectivity index (χ4v) is 2.72. The van der Waals surface area contributed by atoms with E-state index in [0.29, 0.717) is 12.5 Å². The second-order valence-electron chi connectivity index (χ2n) is 6.18. The van der Waals surface area contributed by atoms with Gasteiger partial charge < -0.3 is 16.0 Å². The number of nitrogens with one attached hydrogen (secondary N) is 3. The predicted octanol–water partition coefficient (Wildman–Crippen LogP) is 2.46. The van der Waals surface area contributed by atoms with Gasteiger partial charge in [0.05, 0.1) is 18.8 Å². The molecule has 1 aromatic rings. The van der Waals surface area contributed by atoms with Crippen molar-refractivity contribution in [3.05, 3.63) is 29.6 Å². The summed E-state index contributed by atoms with van der Waals surface area (Å²) in [5.41, 5.74) is -0.521. The van der Waals surface area contributed by atoms with Gasteiger partial charge in [0.1, 0.15) is 0 Å². The van der Waals surface area contributed by atoms with Crippen LogP contribution in [0, 0.1) is 17.5 Å². The maximum atomic E-state index is 13.5. The molecule has 1 heterocycles. The van der Waals surface area contributed by atoms with Gasteiger partial charge in [0, 0.05) is 26.2 Å². The predicted molar refractivity (Wildman–Crippen MR) is 106 cm³/mol. The van der Waals surface area contributed by atoms with Crippen LogP contribution in [0.15, 0.2) is 17.1 Å². The van der Waals surface area contributed by atoms with Crippen molar-refractivity contribution < 1.29 is 31.1 Å². The van der Waals surface area contributed by atoms with E-state index in [1.807, 2.05) is 0 Å². The van der Waals surface area contributed by atoms with Crippen LogP contribution in [0.1, 0.15) is 6.42 Å². The number of rotatable bonds is 5. The summed E-state index contributed by atoms with van der Waals surface area (Å²) in [6, 6.07) is 1.27. The standard InChI is InChI=1S/C16H19F6N5O.HI/c1-23-15(25-9-4-5-27(7-9)8-16(20,21)22)24-6-12(28)26-11-3-2-10(17)13(18)14(11)19;/h2-3,9H,4-8H2,1H3,(H,26,28)(H2,23,24,25);1H. The number of halogens is 7. The van der Waals surface area contributed by atoms with E-state index in [-0.39, 0.29) is 55.6 Å². The Morgan fingerprint density at radius 1 is 1.24 bits per heavy atom. The number of nitrogens with zero attached hydrogens (tertiary/aromatic N) is 2. The third-order valence-electron chi connectivity index (χ3n) is 3.97. The van der Waals surface area contributed by atoms with Gasteiger partial charge in [-0.3, -0.25) is 14.7 Å². The van der Waals surface area contributed by atoms with Crippen molar-refractivity contribution in [2.75, 3.05) is 38.5 Å². The number of benzene rings is 1. The average Bonchev–Trinajstić information content (AvgIpc) is 3.04. The molecule has 1 aliphatic heterocycles. The summed E-state index contributed by atoms with van der Waals surface area (Å²) in [6.07, 6.45) is -3.81. The van der Waals surface area contributed by atoms with Crippen LogP contribution in [-0.4, -0.2) is 62.2 Å². The molecule has 13 heteroatoms. The number of alkyl halides is 3. The third-order valence-corrected chi connectivity index (χ3v) is 3.97.